The summed E-state index contributed by atoms with van der Waals surface area (Å²) in [7, 11) is 1.58. The van der Waals surface area contributed by atoms with E-state index in [0.29, 0.717) is 29.6 Å². The zero-order valence-corrected chi connectivity index (χ0v) is 14.8. The number of hydrogen-bond acceptors (Lipinski definition) is 4. The predicted octanol–water partition coefficient (Wildman–Crippen LogP) is 2.14. The summed E-state index contributed by atoms with van der Waals surface area (Å²) in [5, 5.41) is 2.63. The molecule has 0 bridgehead atoms. The van der Waals surface area contributed by atoms with Gasteiger partial charge in [-0.1, -0.05) is 18.2 Å². The number of aromatic nitrogens is 1. The molecule has 0 saturated carbocycles. The molecule has 3 aromatic rings. The largest absolute Gasteiger partial charge is 0.417 e. The Bertz CT molecular complexity index is 1080. The highest BCUT2D eigenvalue weighted by molar-refractivity contribution is 5.99. The Balaban J connectivity index is 1.66. The van der Waals surface area contributed by atoms with Gasteiger partial charge in [-0.3, -0.25) is 14.6 Å². The Labute approximate surface area is 155 Å². The number of rotatable bonds is 3. The van der Waals surface area contributed by atoms with Gasteiger partial charge in [-0.15, -0.1) is 0 Å². The van der Waals surface area contributed by atoms with Gasteiger partial charge in [0.1, 0.15) is 6.04 Å². The van der Waals surface area contributed by atoms with Gasteiger partial charge in [0.15, 0.2) is 5.58 Å². The van der Waals surface area contributed by atoms with Gasteiger partial charge in [0.25, 0.3) is 5.91 Å². The number of nitrogens with one attached hydrogen (secondary N) is 2. The summed E-state index contributed by atoms with van der Waals surface area (Å²) < 4.78 is 5.02. The first-order chi connectivity index (χ1) is 13.1. The molecule has 1 aliphatic heterocycles. The van der Waals surface area contributed by atoms with Crippen LogP contribution in [0, 0.1) is 0 Å². The molecular weight excluding hydrogens is 346 g/mol. The van der Waals surface area contributed by atoms with Gasteiger partial charge in [0, 0.05) is 19.2 Å². The first-order valence-corrected chi connectivity index (χ1v) is 8.82. The van der Waals surface area contributed by atoms with Crippen molar-refractivity contribution < 1.29 is 14.0 Å². The van der Waals surface area contributed by atoms with Crippen LogP contribution >= 0.6 is 0 Å². The predicted molar refractivity (Wildman–Crippen MR) is 100 cm³/mol. The van der Waals surface area contributed by atoms with Crippen molar-refractivity contribution in [3.8, 4) is 11.1 Å². The summed E-state index contributed by atoms with van der Waals surface area (Å²) in [6.07, 6.45) is 1.49. The van der Waals surface area contributed by atoms with Crippen molar-refractivity contribution in [1.29, 1.82) is 0 Å². The number of aromatic amines is 1. The van der Waals surface area contributed by atoms with Crippen molar-refractivity contribution in [2.24, 2.45) is 0 Å². The number of carbonyl (C=O) groups is 2. The molecule has 0 aliphatic carbocycles. The Kier molecular flexibility index (Phi) is 4.27. The van der Waals surface area contributed by atoms with Crippen LogP contribution in [0.4, 0.5) is 0 Å². The molecule has 1 atom stereocenters. The van der Waals surface area contributed by atoms with Gasteiger partial charge in [0.05, 0.1) is 5.52 Å². The highest BCUT2D eigenvalue weighted by atomic mass is 16.4. The molecule has 7 nitrogen and oxygen atoms in total. The lowest BCUT2D eigenvalue weighted by Gasteiger charge is -2.23. The third-order valence-electron chi connectivity index (χ3n) is 4.92. The number of H-pyrrole nitrogens is 1. The number of carbonyl (C=O) groups excluding carboxylic acids is 2. The molecule has 0 unspecified atom stereocenters. The van der Waals surface area contributed by atoms with E-state index in [0.717, 1.165) is 17.5 Å². The Morgan fingerprint density at radius 1 is 1.19 bits per heavy atom. The van der Waals surface area contributed by atoms with Gasteiger partial charge in [0.2, 0.25) is 5.91 Å². The van der Waals surface area contributed by atoms with Crippen LogP contribution in [0.1, 0.15) is 23.2 Å². The first kappa shape index (κ1) is 17.1. The summed E-state index contributed by atoms with van der Waals surface area (Å²) in [5.41, 5.74) is 3.33. The van der Waals surface area contributed by atoms with E-state index in [2.05, 4.69) is 10.3 Å². The number of oxazole rings is 1. The fourth-order valence-electron chi connectivity index (χ4n) is 3.58. The van der Waals surface area contributed by atoms with Crippen LogP contribution in [0.25, 0.3) is 22.2 Å². The summed E-state index contributed by atoms with van der Waals surface area (Å²) in [6.45, 7) is 0.573. The molecule has 2 N–H and O–H groups in total. The molecule has 2 aromatic carbocycles. The van der Waals surface area contributed by atoms with Crippen LogP contribution in [0.15, 0.2) is 51.7 Å². The van der Waals surface area contributed by atoms with Gasteiger partial charge in [-0.05, 0) is 48.2 Å². The zero-order valence-electron chi connectivity index (χ0n) is 14.8. The van der Waals surface area contributed by atoms with Crippen LogP contribution in [-0.4, -0.2) is 41.3 Å². The molecule has 0 radical (unpaired) electrons. The van der Waals surface area contributed by atoms with Crippen LogP contribution in [0.3, 0.4) is 0 Å². The fraction of sp³-hybridized carbons (Fsp3) is 0.250. The van der Waals surface area contributed by atoms with Crippen molar-refractivity contribution in [3.63, 3.8) is 0 Å². The van der Waals surface area contributed by atoms with Gasteiger partial charge < -0.3 is 14.6 Å². The van der Waals surface area contributed by atoms with Crippen molar-refractivity contribution in [2.45, 2.75) is 18.9 Å². The lowest BCUT2D eigenvalue weighted by Crippen LogP contribution is -2.44. The topological polar surface area (TPSA) is 95.4 Å². The Morgan fingerprint density at radius 3 is 2.81 bits per heavy atom. The van der Waals surface area contributed by atoms with E-state index >= 15 is 0 Å². The average molecular weight is 365 g/mol. The van der Waals surface area contributed by atoms with Crippen LogP contribution in [0.5, 0.6) is 0 Å². The molecule has 1 aromatic heterocycles. The second-order valence-corrected chi connectivity index (χ2v) is 6.58. The number of amides is 2. The number of likely N-dealkylation sites (N-methyl/N-ethyl adjacent to an activating group) is 1. The fourth-order valence-corrected chi connectivity index (χ4v) is 3.58. The van der Waals surface area contributed by atoms with Crippen LogP contribution in [0.2, 0.25) is 0 Å². The second-order valence-electron chi connectivity index (χ2n) is 6.58. The molecule has 1 fully saturated rings. The number of hydrogen-bond donors (Lipinski definition) is 2. The first-order valence-electron chi connectivity index (χ1n) is 8.82. The molecule has 27 heavy (non-hydrogen) atoms. The maximum Gasteiger partial charge on any atom is 0.417 e. The average Bonchev–Trinajstić information content (AvgIpc) is 3.32. The molecule has 138 valence electrons. The van der Waals surface area contributed by atoms with Crippen molar-refractivity contribution in [3.05, 3.63) is 58.6 Å². The number of benzene rings is 2. The Hall–Kier alpha value is -3.35. The summed E-state index contributed by atoms with van der Waals surface area (Å²) in [4.78, 5) is 40.6. The summed E-state index contributed by atoms with van der Waals surface area (Å²) >= 11 is 0. The zero-order chi connectivity index (χ0) is 19.0. The maximum atomic E-state index is 13.0. The minimum atomic E-state index is -0.500. The number of fused-ring (bicyclic) bond motifs is 1. The minimum Gasteiger partial charge on any atom is -0.408 e. The van der Waals surface area contributed by atoms with E-state index in [1.807, 2.05) is 24.3 Å². The van der Waals surface area contributed by atoms with Gasteiger partial charge in [-0.2, -0.15) is 0 Å². The number of nitrogens with zero attached hydrogens (tertiary/aromatic N) is 1. The molecular formula is C20H19N3O4. The second kappa shape index (κ2) is 6.75. The monoisotopic (exact) mass is 365 g/mol. The van der Waals surface area contributed by atoms with E-state index in [4.69, 9.17) is 4.42 Å². The molecule has 2 amide bonds. The van der Waals surface area contributed by atoms with Gasteiger partial charge >= 0.3 is 5.76 Å². The van der Waals surface area contributed by atoms with E-state index in [-0.39, 0.29) is 11.8 Å². The molecule has 1 saturated heterocycles. The third-order valence-corrected chi connectivity index (χ3v) is 4.92. The Morgan fingerprint density at radius 2 is 2.00 bits per heavy atom. The number of likely N-dealkylation sites (tertiary alicyclic amines) is 1. The SMILES string of the molecule is CNC(=O)[C@@H]1CCCN1C(=O)c1cccc(-c2ccc3oc(=O)[nH]c3c2)c1. The molecule has 0 spiro atoms. The highest BCUT2D eigenvalue weighted by Crippen LogP contribution is 2.26. The minimum absolute atomic E-state index is 0.133. The summed E-state index contributed by atoms with van der Waals surface area (Å²) in [6, 6.07) is 12.2. The van der Waals surface area contributed by atoms with Crippen LogP contribution in [-0.2, 0) is 4.79 Å². The molecule has 4 rings (SSSR count). The molecule has 7 heteroatoms. The lowest BCUT2D eigenvalue weighted by atomic mass is 10.0. The molecule has 1 aliphatic rings. The smallest absolute Gasteiger partial charge is 0.408 e. The van der Waals surface area contributed by atoms with Gasteiger partial charge in [-0.25, -0.2) is 4.79 Å². The normalized spacial score (nSPS) is 16.6. The quantitative estimate of drug-likeness (QED) is 0.743. The molecule has 2 heterocycles. The van der Waals surface area contributed by atoms with Crippen molar-refractivity contribution in [2.75, 3.05) is 13.6 Å². The lowest BCUT2D eigenvalue weighted by molar-refractivity contribution is -0.124. The standard InChI is InChI=1S/C20H19N3O4/c1-21-18(24)16-6-3-9-23(16)19(25)14-5-2-4-12(10-14)13-7-8-17-15(11-13)22-20(26)27-17/h2,4-5,7-8,10-11,16H,3,6,9H2,1H3,(H,21,24)(H,22,26)/t16-/m0/s1. The van der Waals surface area contributed by atoms with E-state index in [9.17, 15) is 14.4 Å². The highest BCUT2D eigenvalue weighted by Gasteiger charge is 2.33. The van der Waals surface area contributed by atoms with E-state index in [1.54, 1.807) is 30.1 Å². The van der Waals surface area contributed by atoms with Crippen LogP contribution < -0.4 is 11.1 Å². The van der Waals surface area contributed by atoms with E-state index < -0.39 is 11.8 Å². The van der Waals surface area contributed by atoms with Crippen molar-refractivity contribution in [1.82, 2.24) is 15.2 Å². The van der Waals surface area contributed by atoms with Crippen molar-refractivity contribution >= 4 is 22.9 Å². The maximum absolute atomic E-state index is 13.0. The third kappa shape index (κ3) is 3.12. The van der Waals surface area contributed by atoms with E-state index in [1.165, 1.54) is 0 Å². The summed E-state index contributed by atoms with van der Waals surface area (Å²) in [5.74, 6) is -0.785.